The number of amides is 2. The third kappa shape index (κ3) is 4.07. The molecular formula is C18H24N4O2. The molecule has 1 saturated heterocycles. The molecule has 3 rings (SSSR count). The molecule has 1 N–H and O–H groups in total. The lowest BCUT2D eigenvalue weighted by Crippen LogP contribution is -2.31. The Morgan fingerprint density at radius 2 is 1.96 bits per heavy atom. The number of aromatic nitrogens is 1. The van der Waals surface area contributed by atoms with Crippen molar-refractivity contribution in [1.29, 1.82) is 0 Å². The number of urea groups is 1. The number of hydrogen-bond acceptors (Lipinski definition) is 4. The van der Waals surface area contributed by atoms with Gasteiger partial charge in [-0.15, -0.1) is 0 Å². The van der Waals surface area contributed by atoms with Gasteiger partial charge in [-0.25, -0.2) is 4.79 Å². The van der Waals surface area contributed by atoms with E-state index in [9.17, 15) is 4.79 Å². The summed E-state index contributed by atoms with van der Waals surface area (Å²) >= 11 is 0. The van der Waals surface area contributed by atoms with E-state index in [0.29, 0.717) is 18.1 Å². The van der Waals surface area contributed by atoms with E-state index in [1.54, 1.807) is 24.9 Å². The van der Waals surface area contributed by atoms with Crippen LogP contribution in [0.4, 0.5) is 16.3 Å². The molecular weight excluding hydrogens is 304 g/mol. The molecule has 2 amide bonds. The zero-order valence-electron chi connectivity index (χ0n) is 14.3. The van der Waals surface area contributed by atoms with E-state index in [4.69, 9.17) is 4.52 Å². The fraction of sp³-hybridized carbons (Fsp3) is 0.444. The predicted octanol–water partition coefficient (Wildman–Crippen LogP) is 3.64. The number of piperidine rings is 1. The number of nitrogens with one attached hydrogen (secondary N) is 1. The minimum atomic E-state index is -0.205. The molecule has 1 aromatic heterocycles. The highest BCUT2D eigenvalue weighted by atomic mass is 16.5. The van der Waals surface area contributed by atoms with Gasteiger partial charge in [0, 0.05) is 38.4 Å². The SMILES string of the molecule is Cc1cc(NC(=O)N(C)Cc2ccc(N3CCCCC3)cc2)no1. The van der Waals surface area contributed by atoms with Crippen LogP contribution < -0.4 is 10.2 Å². The van der Waals surface area contributed by atoms with Gasteiger partial charge in [0.05, 0.1) is 0 Å². The second-order valence-electron chi connectivity index (χ2n) is 6.32. The summed E-state index contributed by atoms with van der Waals surface area (Å²) < 4.78 is 4.95. The largest absolute Gasteiger partial charge is 0.372 e. The summed E-state index contributed by atoms with van der Waals surface area (Å²) in [6.07, 6.45) is 3.87. The average Bonchev–Trinajstić information content (AvgIpc) is 3.01. The van der Waals surface area contributed by atoms with Crippen molar-refractivity contribution in [1.82, 2.24) is 10.1 Å². The molecule has 128 valence electrons. The molecule has 1 aromatic carbocycles. The van der Waals surface area contributed by atoms with E-state index in [-0.39, 0.29) is 6.03 Å². The Morgan fingerprint density at radius 1 is 1.25 bits per heavy atom. The third-order valence-corrected chi connectivity index (χ3v) is 4.29. The Morgan fingerprint density at radius 3 is 2.58 bits per heavy atom. The molecule has 0 bridgehead atoms. The van der Waals surface area contributed by atoms with Gasteiger partial charge in [-0.3, -0.25) is 5.32 Å². The third-order valence-electron chi connectivity index (χ3n) is 4.29. The highest BCUT2D eigenvalue weighted by Crippen LogP contribution is 2.20. The maximum atomic E-state index is 12.2. The molecule has 24 heavy (non-hydrogen) atoms. The van der Waals surface area contributed by atoms with Crippen molar-refractivity contribution in [2.75, 3.05) is 30.4 Å². The zero-order valence-corrected chi connectivity index (χ0v) is 14.3. The predicted molar refractivity (Wildman–Crippen MR) is 94.2 cm³/mol. The van der Waals surface area contributed by atoms with Crippen molar-refractivity contribution in [3.63, 3.8) is 0 Å². The van der Waals surface area contributed by atoms with Crippen molar-refractivity contribution >= 4 is 17.5 Å². The first-order valence-electron chi connectivity index (χ1n) is 8.41. The van der Waals surface area contributed by atoms with E-state index in [0.717, 1.165) is 18.7 Å². The van der Waals surface area contributed by atoms with Crippen molar-refractivity contribution in [2.45, 2.75) is 32.7 Å². The van der Waals surface area contributed by atoms with Gasteiger partial charge in [0.1, 0.15) is 5.76 Å². The number of hydrogen-bond donors (Lipinski definition) is 1. The van der Waals surface area contributed by atoms with Crippen molar-refractivity contribution in [3.05, 3.63) is 41.7 Å². The van der Waals surface area contributed by atoms with Gasteiger partial charge in [0.15, 0.2) is 5.82 Å². The molecule has 0 unspecified atom stereocenters. The van der Waals surface area contributed by atoms with Gasteiger partial charge in [-0.2, -0.15) is 0 Å². The van der Waals surface area contributed by atoms with Crippen LogP contribution in [0.5, 0.6) is 0 Å². The lowest BCUT2D eigenvalue weighted by Gasteiger charge is -2.29. The fourth-order valence-corrected chi connectivity index (χ4v) is 2.94. The number of aryl methyl sites for hydroxylation is 1. The van der Waals surface area contributed by atoms with Crippen LogP contribution >= 0.6 is 0 Å². The Balaban J connectivity index is 1.55. The number of carbonyl (C=O) groups excluding carboxylic acids is 1. The van der Waals surface area contributed by atoms with Crippen LogP contribution in [0.1, 0.15) is 30.6 Å². The molecule has 0 atom stereocenters. The normalized spacial score (nSPS) is 14.5. The zero-order chi connectivity index (χ0) is 16.9. The molecule has 0 radical (unpaired) electrons. The van der Waals surface area contributed by atoms with Crippen LogP contribution in [-0.2, 0) is 6.54 Å². The summed E-state index contributed by atoms with van der Waals surface area (Å²) in [5, 5.41) is 6.49. The Labute approximate surface area is 142 Å². The Bertz CT molecular complexity index is 675. The second-order valence-corrected chi connectivity index (χ2v) is 6.32. The summed E-state index contributed by atoms with van der Waals surface area (Å²) in [6.45, 7) is 4.61. The Kier molecular flexibility index (Phi) is 5.03. The van der Waals surface area contributed by atoms with Crippen LogP contribution in [0.3, 0.4) is 0 Å². The molecule has 1 aliphatic heterocycles. The fourth-order valence-electron chi connectivity index (χ4n) is 2.94. The first kappa shape index (κ1) is 16.4. The van der Waals surface area contributed by atoms with Crippen LogP contribution in [0, 0.1) is 6.92 Å². The summed E-state index contributed by atoms with van der Waals surface area (Å²) in [7, 11) is 1.76. The molecule has 0 saturated carbocycles. The molecule has 1 aliphatic rings. The van der Waals surface area contributed by atoms with Gasteiger partial charge < -0.3 is 14.3 Å². The molecule has 0 aliphatic carbocycles. The van der Waals surface area contributed by atoms with Crippen molar-refractivity contribution in [2.24, 2.45) is 0 Å². The molecule has 6 heteroatoms. The van der Waals surface area contributed by atoms with Gasteiger partial charge in [0.25, 0.3) is 0 Å². The second kappa shape index (κ2) is 7.38. The number of anilines is 2. The molecule has 6 nitrogen and oxygen atoms in total. The minimum Gasteiger partial charge on any atom is -0.372 e. The standard InChI is InChI=1S/C18H24N4O2/c1-14-12-17(20-24-14)19-18(23)21(2)13-15-6-8-16(9-7-15)22-10-4-3-5-11-22/h6-9,12H,3-5,10-11,13H2,1-2H3,(H,19,20,23). The van der Waals surface area contributed by atoms with E-state index in [2.05, 4.69) is 39.6 Å². The molecule has 2 aromatic rings. The number of benzene rings is 1. The first-order valence-corrected chi connectivity index (χ1v) is 8.41. The maximum Gasteiger partial charge on any atom is 0.323 e. The van der Waals surface area contributed by atoms with E-state index < -0.39 is 0 Å². The summed E-state index contributed by atoms with van der Waals surface area (Å²) in [5.74, 6) is 1.10. The monoisotopic (exact) mass is 328 g/mol. The highest BCUT2D eigenvalue weighted by molar-refractivity contribution is 5.88. The summed E-state index contributed by atoms with van der Waals surface area (Å²) in [5.41, 5.74) is 2.37. The number of rotatable bonds is 4. The van der Waals surface area contributed by atoms with E-state index >= 15 is 0 Å². The van der Waals surface area contributed by atoms with Crippen molar-refractivity contribution < 1.29 is 9.32 Å². The van der Waals surface area contributed by atoms with Crippen molar-refractivity contribution in [3.8, 4) is 0 Å². The van der Waals surface area contributed by atoms with Crippen LogP contribution in [-0.4, -0.2) is 36.2 Å². The maximum absolute atomic E-state index is 12.2. The van der Waals surface area contributed by atoms with Crippen LogP contribution in [0.25, 0.3) is 0 Å². The first-order chi connectivity index (χ1) is 11.6. The number of carbonyl (C=O) groups is 1. The Hall–Kier alpha value is -2.50. The average molecular weight is 328 g/mol. The molecule has 1 fully saturated rings. The van der Waals surface area contributed by atoms with E-state index in [1.807, 2.05) is 0 Å². The number of nitrogens with zero attached hydrogens (tertiary/aromatic N) is 3. The topological polar surface area (TPSA) is 61.6 Å². The smallest absolute Gasteiger partial charge is 0.323 e. The van der Waals surface area contributed by atoms with Gasteiger partial charge in [-0.1, -0.05) is 17.3 Å². The summed E-state index contributed by atoms with van der Waals surface area (Å²) in [6, 6.07) is 9.96. The van der Waals surface area contributed by atoms with Crippen LogP contribution in [0.15, 0.2) is 34.9 Å². The van der Waals surface area contributed by atoms with Gasteiger partial charge in [-0.05, 0) is 43.9 Å². The van der Waals surface area contributed by atoms with E-state index in [1.165, 1.54) is 24.9 Å². The molecule has 0 spiro atoms. The highest BCUT2D eigenvalue weighted by Gasteiger charge is 2.13. The quantitative estimate of drug-likeness (QED) is 0.931. The lowest BCUT2D eigenvalue weighted by molar-refractivity contribution is 0.220. The van der Waals surface area contributed by atoms with Gasteiger partial charge in [0.2, 0.25) is 0 Å². The minimum absolute atomic E-state index is 0.205. The lowest BCUT2D eigenvalue weighted by atomic mass is 10.1. The van der Waals surface area contributed by atoms with Gasteiger partial charge >= 0.3 is 6.03 Å². The molecule has 2 heterocycles. The summed E-state index contributed by atoms with van der Waals surface area (Å²) in [4.78, 5) is 16.2. The van der Waals surface area contributed by atoms with Crippen LogP contribution in [0.2, 0.25) is 0 Å².